The van der Waals surface area contributed by atoms with Gasteiger partial charge < -0.3 is 9.84 Å². The van der Waals surface area contributed by atoms with Gasteiger partial charge in [0.1, 0.15) is 11.6 Å². The highest BCUT2D eigenvalue weighted by Gasteiger charge is 2.15. The third-order valence-corrected chi connectivity index (χ3v) is 3.12. The molecule has 19 heavy (non-hydrogen) atoms. The maximum Gasteiger partial charge on any atom is 0.129 e. The van der Waals surface area contributed by atoms with E-state index in [0.717, 1.165) is 11.1 Å². The van der Waals surface area contributed by atoms with Crippen LogP contribution in [0.15, 0.2) is 42.5 Å². The van der Waals surface area contributed by atoms with Gasteiger partial charge in [-0.25, -0.2) is 4.39 Å². The lowest BCUT2D eigenvalue weighted by Gasteiger charge is -2.15. The smallest absolute Gasteiger partial charge is 0.129 e. The molecular formula is C16H17FO2. The average Bonchev–Trinajstić information content (AvgIpc) is 2.42. The van der Waals surface area contributed by atoms with Crippen LogP contribution in [0.1, 0.15) is 22.8 Å². The molecule has 2 aromatic rings. The van der Waals surface area contributed by atoms with Crippen LogP contribution >= 0.6 is 0 Å². The first kappa shape index (κ1) is 13.6. The Morgan fingerprint density at radius 3 is 2.68 bits per heavy atom. The summed E-state index contributed by atoms with van der Waals surface area (Å²) in [5, 5.41) is 10.2. The van der Waals surface area contributed by atoms with Gasteiger partial charge in [0.15, 0.2) is 0 Å². The van der Waals surface area contributed by atoms with E-state index in [1.165, 1.54) is 6.07 Å². The molecular weight excluding hydrogens is 243 g/mol. The summed E-state index contributed by atoms with van der Waals surface area (Å²) in [7, 11) is 1.58. The van der Waals surface area contributed by atoms with Gasteiger partial charge in [-0.2, -0.15) is 0 Å². The van der Waals surface area contributed by atoms with E-state index in [9.17, 15) is 9.50 Å². The molecule has 0 amide bonds. The van der Waals surface area contributed by atoms with Crippen molar-refractivity contribution in [1.29, 1.82) is 0 Å². The zero-order chi connectivity index (χ0) is 13.8. The summed E-state index contributed by atoms with van der Waals surface area (Å²) >= 11 is 0. The second-order valence-corrected chi connectivity index (χ2v) is 4.56. The SMILES string of the molecule is COc1ccccc1CC(O)c1cc(C)ccc1F. The number of aryl methyl sites for hydroxylation is 1. The first-order valence-electron chi connectivity index (χ1n) is 6.18. The predicted octanol–water partition coefficient (Wildman–Crippen LogP) is 3.42. The first-order valence-corrected chi connectivity index (χ1v) is 6.18. The standard InChI is InChI=1S/C16H17FO2/c1-11-7-8-14(17)13(9-11)15(18)10-12-5-3-4-6-16(12)19-2/h3-9,15,18H,10H2,1-2H3. The molecule has 1 N–H and O–H groups in total. The van der Waals surface area contributed by atoms with Gasteiger partial charge in [-0.3, -0.25) is 0 Å². The van der Waals surface area contributed by atoms with Crippen molar-refractivity contribution in [3.05, 3.63) is 65.0 Å². The summed E-state index contributed by atoms with van der Waals surface area (Å²) < 4.78 is 18.9. The molecule has 0 aliphatic carbocycles. The largest absolute Gasteiger partial charge is 0.496 e. The van der Waals surface area contributed by atoms with Gasteiger partial charge in [-0.05, 0) is 24.6 Å². The second-order valence-electron chi connectivity index (χ2n) is 4.56. The number of methoxy groups -OCH3 is 1. The molecule has 1 atom stereocenters. The van der Waals surface area contributed by atoms with Crippen molar-refractivity contribution in [1.82, 2.24) is 0 Å². The van der Waals surface area contributed by atoms with E-state index in [0.29, 0.717) is 17.7 Å². The van der Waals surface area contributed by atoms with E-state index in [1.54, 1.807) is 19.2 Å². The van der Waals surface area contributed by atoms with Gasteiger partial charge in [-0.1, -0.05) is 35.9 Å². The Labute approximate surface area is 112 Å². The molecule has 2 aromatic carbocycles. The zero-order valence-electron chi connectivity index (χ0n) is 11.1. The number of benzene rings is 2. The summed E-state index contributed by atoms with van der Waals surface area (Å²) in [5.41, 5.74) is 2.11. The fraction of sp³-hybridized carbons (Fsp3) is 0.250. The summed E-state index contributed by atoms with van der Waals surface area (Å²) in [4.78, 5) is 0. The monoisotopic (exact) mass is 260 g/mol. The van der Waals surface area contributed by atoms with Crippen LogP contribution in [0, 0.1) is 12.7 Å². The molecule has 0 aromatic heterocycles. The molecule has 0 spiro atoms. The fourth-order valence-electron chi connectivity index (χ4n) is 2.11. The van der Waals surface area contributed by atoms with E-state index in [1.807, 2.05) is 31.2 Å². The summed E-state index contributed by atoms with van der Waals surface area (Å²) in [5.74, 6) is 0.322. The maximum absolute atomic E-state index is 13.7. The number of halogens is 1. The Kier molecular flexibility index (Phi) is 4.17. The van der Waals surface area contributed by atoms with Gasteiger partial charge in [0.05, 0.1) is 13.2 Å². The van der Waals surface area contributed by atoms with Crippen LogP contribution in [-0.2, 0) is 6.42 Å². The molecule has 2 rings (SSSR count). The van der Waals surface area contributed by atoms with E-state index in [2.05, 4.69) is 0 Å². The summed E-state index contributed by atoms with van der Waals surface area (Å²) in [6.45, 7) is 1.87. The minimum absolute atomic E-state index is 0.324. The Morgan fingerprint density at radius 1 is 1.21 bits per heavy atom. The van der Waals surface area contributed by atoms with Crippen LogP contribution in [0.5, 0.6) is 5.75 Å². The van der Waals surface area contributed by atoms with Crippen molar-refractivity contribution in [2.45, 2.75) is 19.4 Å². The highest BCUT2D eigenvalue weighted by atomic mass is 19.1. The van der Waals surface area contributed by atoms with Crippen molar-refractivity contribution < 1.29 is 14.2 Å². The van der Waals surface area contributed by atoms with E-state index < -0.39 is 6.10 Å². The number of aliphatic hydroxyl groups is 1. The quantitative estimate of drug-likeness (QED) is 0.912. The molecule has 2 nitrogen and oxygen atoms in total. The van der Waals surface area contributed by atoms with Gasteiger partial charge in [0, 0.05) is 12.0 Å². The minimum Gasteiger partial charge on any atom is -0.496 e. The summed E-state index contributed by atoms with van der Waals surface area (Å²) in [6.07, 6.45) is -0.555. The lowest BCUT2D eigenvalue weighted by atomic mass is 9.99. The minimum atomic E-state index is -0.879. The van der Waals surface area contributed by atoms with Gasteiger partial charge in [0.2, 0.25) is 0 Å². The second kappa shape index (κ2) is 5.85. The average molecular weight is 260 g/mol. The van der Waals surface area contributed by atoms with Crippen LogP contribution in [0.2, 0.25) is 0 Å². The van der Waals surface area contributed by atoms with Crippen molar-refractivity contribution in [2.75, 3.05) is 7.11 Å². The molecule has 0 bridgehead atoms. The van der Waals surface area contributed by atoms with Crippen LogP contribution in [0.25, 0.3) is 0 Å². The highest BCUT2D eigenvalue weighted by Crippen LogP contribution is 2.26. The number of para-hydroxylation sites is 1. The first-order chi connectivity index (χ1) is 9.11. The molecule has 0 saturated heterocycles. The number of aliphatic hydroxyl groups excluding tert-OH is 1. The molecule has 0 aliphatic rings. The van der Waals surface area contributed by atoms with Crippen LogP contribution in [0.3, 0.4) is 0 Å². The van der Waals surface area contributed by atoms with E-state index in [-0.39, 0.29) is 5.82 Å². The number of hydrogen-bond donors (Lipinski definition) is 1. The molecule has 0 saturated carbocycles. The van der Waals surface area contributed by atoms with Crippen molar-refractivity contribution in [3.8, 4) is 5.75 Å². The van der Waals surface area contributed by atoms with Crippen LogP contribution < -0.4 is 4.74 Å². The number of hydrogen-bond acceptors (Lipinski definition) is 2. The Balaban J connectivity index is 2.25. The number of rotatable bonds is 4. The van der Waals surface area contributed by atoms with E-state index >= 15 is 0 Å². The maximum atomic E-state index is 13.7. The van der Waals surface area contributed by atoms with Crippen molar-refractivity contribution in [3.63, 3.8) is 0 Å². The molecule has 0 radical (unpaired) electrons. The van der Waals surface area contributed by atoms with Crippen molar-refractivity contribution in [2.24, 2.45) is 0 Å². The molecule has 1 unspecified atom stereocenters. The Bertz CT molecular complexity index is 566. The topological polar surface area (TPSA) is 29.5 Å². The van der Waals surface area contributed by atoms with Crippen molar-refractivity contribution >= 4 is 0 Å². The Morgan fingerprint density at radius 2 is 1.95 bits per heavy atom. The van der Waals surface area contributed by atoms with Gasteiger partial charge in [-0.15, -0.1) is 0 Å². The lowest BCUT2D eigenvalue weighted by molar-refractivity contribution is 0.172. The third-order valence-electron chi connectivity index (χ3n) is 3.12. The van der Waals surface area contributed by atoms with Crippen LogP contribution in [-0.4, -0.2) is 12.2 Å². The third kappa shape index (κ3) is 3.12. The predicted molar refractivity (Wildman–Crippen MR) is 72.8 cm³/mol. The summed E-state index contributed by atoms with van der Waals surface area (Å²) in [6, 6.07) is 12.2. The van der Waals surface area contributed by atoms with Gasteiger partial charge >= 0.3 is 0 Å². The zero-order valence-corrected chi connectivity index (χ0v) is 11.1. The van der Waals surface area contributed by atoms with Gasteiger partial charge in [0.25, 0.3) is 0 Å². The molecule has 0 fully saturated rings. The van der Waals surface area contributed by atoms with E-state index in [4.69, 9.17) is 4.74 Å². The Hall–Kier alpha value is -1.87. The lowest BCUT2D eigenvalue weighted by Crippen LogP contribution is -2.06. The molecule has 0 aliphatic heterocycles. The molecule has 0 heterocycles. The molecule has 3 heteroatoms. The fourth-order valence-corrected chi connectivity index (χ4v) is 2.11. The highest BCUT2D eigenvalue weighted by molar-refractivity contribution is 5.35. The molecule has 100 valence electrons. The van der Waals surface area contributed by atoms with Crippen LogP contribution in [0.4, 0.5) is 4.39 Å². The number of ether oxygens (including phenoxy) is 1. The normalized spacial score (nSPS) is 12.2.